The number of likely N-dealkylation sites (tertiary alicyclic amines) is 1. The molecule has 3 nitrogen and oxygen atoms in total. The van der Waals surface area contributed by atoms with Gasteiger partial charge in [-0.2, -0.15) is 0 Å². The van der Waals surface area contributed by atoms with Gasteiger partial charge in [0, 0.05) is 18.2 Å². The van der Waals surface area contributed by atoms with Crippen molar-refractivity contribution in [1.82, 2.24) is 4.90 Å². The molecule has 1 aliphatic heterocycles. The van der Waals surface area contributed by atoms with Crippen LogP contribution in [0.15, 0.2) is 24.3 Å². The van der Waals surface area contributed by atoms with Crippen molar-refractivity contribution in [2.45, 2.75) is 32.7 Å². The van der Waals surface area contributed by atoms with Crippen LogP contribution >= 0.6 is 12.2 Å². The molecule has 0 aromatic heterocycles. The van der Waals surface area contributed by atoms with Crippen molar-refractivity contribution in [3.05, 3.63) is 29.8 Å². The molecule has 1 aromatic carbocycles. The van der Waals surface area contributed by atoms with Crippen LogP contribution in [0, 0.1) is 5.92 Å². The quantitative estimate of drug-likeness (QED) is 0.847. The summed E-state index contributed by atoms with van der Waals surface area (Å²) in [5.74, 6) is 1.73. The van der Waals surface area contributed by atoms with E-state index in [0.717, 1.165) is 30.4 Å². The van der Waals surface area contributed by atoms with E-state index < -0.39 is 0 Å². The molecule has 0 aliphatic carbocycles. The predicted molar refractivity (Wildman–Crippen MR) is 87.3 cm³/mol. The number of piperidine rings is 1. The lowest BCUT2D eigenvalue weighted by Gasteiger charge is -2.36. The Labute approximate surface area is 127 Å². The van der Waals surface area contributed by atoms with Gasteiger partial charge in [-0.1, -0.05) is 19.1 Å². The van der Waals surface area contributed by atoms with E-state index in [1.807, 2.05) is 24.3 Å². The van der Waals surface area contributed by atoms with Gasteiger partial charge in [0.1, 0.15) is 17.3 Å². The molecular formula is C16H24N2OS. The standard InChI is InChI=1S/C16H24N2OS/c1-12-7-8-18(13(2)11-12)9-10-19-15-5-3-14(4-6-15)16(17)20/h3-6,12-13H,7-11H2,1-2H3,(H2,17,20). The largest absolute Gasteiger partial charge is 0.492 e. The van der Waals surface area contributed by atoms with E-state index in [2.05, 4.69) is 18.7 Å². The van der Waals surface area contributed by atoms with E-state index in [4.69, 9.17) is 22.7 Å². The Balaban J connectivity index is 1.76. The van der Waals surface area contributed by atoms with E-state index >= 15 is 0 Å². The normalized spacial score (nSPS) is 23.5. The summed E-state index contributed by atoms with van der Waals surface area (Å²) in [6.07, 6.45) is 2.59. The van der Waals surface area contributed by atoms with Crippen molar-refractivity contribution >= 4 is 17.2 Å². The van der Waals surface area contributed by atoms with Crippen molar-refractivity contribution in [2.24, 2.45) is 11.7 Å². The van der Waals surface area contributed by atoms with Crippen LogP contribution in [-0.2, 0) is 0 Å². The van der Waals surface area contributed by atoms with Crippen LogP contribution in [0.1, 0.15) is 32.3 Å². The fraction of sp³-hybridized carbons (Fsp3) is 0.562. The molecule has 1 aliphatic rings. The summed E-state index contributed by atoms with van der Waals surface area (Å²) in [6.45, 7) is 7.56. The molecule has 20 heavy (non-hydrogen) atoms. The van der Waals surface area contributed by atoms with E-state index in [1.165, 1.54) is 19.4 Å². The highest BCUT2D eigenvalue weighted by atomic mass is 32.1. The van der Waals surface area contributed by atoms with E-state index in [0.29, 0.717) is 11.0 Å². The van der Waals surface area contributed by atoms with Crippen molar-refractivity contribution in [2.75, 3.05) is 19.7 Å². The second-order valence-electron chi connectivity index (χ2n) is 5.75. The van der Waals surface area contributed by atoms with Gasteiger partial charge in [0.05, 0.1) is 0 Å². The van der Waals surface area contributed by atoms with Gasteiger partial charge in [0.2, 0.25) is 0 Å². The molecule has 0 amide bonds. The number of hydrogen-bond donors (Lipinski definition) is 1. The Morgan fingerprint density at radius 2 is 2.05 bits per heavy atom. The first kappa shape index (κ1) is 15.3. The molecule has 2 unspecified atom stereocenters. The van der Waals surface area contributed by atoms with Gasteiger partial charge < -0.3 is 10.5 Å². The average molecular weight is 292 g/mol. The van der Waals surface area contributed by atoms with E-state index in [-0.39, 0.29) is 0 Å². The van der Waals surface area contributed by atoms with Crippen LogP contribution < -0.4 is 10.5 Å². The molecule has 110 valence electrons. The summed E-state index contributed by atoms with van der Waals surface area (Å²) in [5, 5.41) is 0. The van der Waals surface area contributed by atoms with Crippen LogP contribution in [0.3, 0.4) is 0 Å². The third-order valence-electron chi connectivity index (χ3n) is 4.06. The summed E-state index contributed by atoms with van der Waals surface area (Å²) in [7, 11) is 0. The summed E-state index contributed by atoms with van der Waals surface area (Å²) < 4.78 is 5.79. The van der Waals surface area contributed by atoms with Gasteiger partial charge in [-0.25, -0.2) is 0 Å². The van der Waals surface area contributed by atoms with Crippen LogP contribution in [0.4, 0.5) is 0 Å². The first-order chi connectivity index (χ1) is 9.56. The molecule has 1 saturated heterocycles. The predicted octanol–water partition coefficient (Wildman–Crippen LogP) is 2.82. The van der Waals surface area contributed by atoms with Crippen molar-refractivity contribution in [1.29, 1.82) is 0 Å². The van der Waals surface area contributed by atoms with Crippen LogP contribution in [0.5, 0.6) is 5.75 Å². The Bertz CT molecular complexity index is 446. The average Bonchev–Trinajstić information content (AvgIpc) is 2.42. The smallest absolute Gasteiger partial charge is 0.119 e. The van der Waals surface area contributed by atoms with Gasteiger partial charge in [0.25, 0.3) is 0 Å². The molecule has 4 heteroatoms. The molecule has 1 fully saturated rings. The summed E-state index contributed by atoms with van der Waals surface area (Å²) in [4.78, 5) is 2.94. The summed E-state index contributed by atoms with van der Waals surface area (Å²) in [6, 6.07) is 8.33. The van der Waals surface area contributed by atoms with Crippen LogP contribution in [0.2, 0.25) is 0 Å². The molecule has 2 N–H and O–H groups in total. The number of hydrogen-bond acceptors (Lipinski definition) is 3. The van der Waals surface area contributed by atoms with Gasteiger partial charge in [-0.15, -0.1) is 0 Å². The first-order valence-corrected chi connectivity index (χ1v) is 7.74. The van der Waals surface area contributed by atoms with Gasteiger partial charge >= 0.3 is 0 Å². The number of ether oxygens (including phenoxy) is 1. The zero-order valence-electron chi connectivity index (χ0n) is 12.3. The molecule has 1 heterocycles. The fourth-order valence-corrected chi connectivity index (χ4v) is 2.92. The number of benzene rings is 1. The number of thiocarbonyl (C=S) groups is 1. The lowest BCUT2D eigenvalue weighted by atomic mass is 9.93. The molecule has 0 radical (unpaired) electrons. The first-order valence-electron chi connectivity index (χ1n) is 7.33. The number of nitrogens with two attached hydrogens (primary N) is 1. The Kier molecular flexibility index (Phi) is 5.38. The van der Waals surface area contributed by atoms with Crippen molar-refractivity contribution < 1.29 is 4.74 Å². The van der Waals surface area contributed by atoms with Gasteiger partial charge in [0.15, 0.2) is 0 Å². The molecule has 0 spiro atoms. The Morgan fingerprint density at radius 1 is 1.35 bits per heavy atom. The van der Waals surface area contributed by atoms with Gasteiger partial charge in [-0.05, 0) is 56.5 Å². The van der Waals surface area contributed by atoms with E-state index in [1.54, 1.807) is 0 Å². The maximum absolute atomic E-state index is 5.79. The number of rotatable bonds is 5. The molecule has 1 aromatic rings. The maximum atomic E-state index is 5.79. The second-order valence-corrected chi connectivity index (χ2v) is 6.19. The molecule has 0 saturated carbocycles. The topological polar surface area (TPSA) is 38.5 Å². The molecule has 2 atom stereocenters. The minimum atomic E-state index is 0.424. The summed E-state index contributed by atoms with van der Waals surface area (Å²) in [5.41, 5.74) is 6.45. The lowest BCUT2D eigenvalue weighted by molar-refractivity contribution is 0.109. The highest BCUT2D eigenvalue weighted by Gasteiger charge is 2.22. The highest BCUT2D eigenvalue weighted by Crippen LogP contribution is 2.21. The zero-order chi connectivity index (χ0) is 14.5. The highest BCUT2D eigenvalue weighted by molar-refractivity contribution is 7.80. The zero-order valence-corrected chi connectivity index (χ0v) is 13.2. The minimum Gasteiger partial charge on any atom is -0.492 e. The number of nitrogens with zero attached hydrogens (tertiary/aromatic N) is 1. The van der Waals surface area contributed by atoms with E-state index in [9.17, 15) is 0 Å². The second kappa shape index (κ2) is 7.04. The van der Waals surface area contributed by atoms with Gasteiger partial charge in [-0.3, -0.25) is 4.90 Å². The minimum absolute atomic E-state index is 0.424. The van der Waals surface area contributed by atoms with Crippen molar-refractivity contribution in [3.63, 3.8) is 0 Å². The van der Waals surface area contributed by atoms with Crippen LogP contribution in [0.25, 0.3) is 0 Å². The molecular weight excluding hydrogens is 268 g/mol. The third-order valence-corrected chi connectivity index (χ3v) is 4.30. The SMILES string of the molecule is CC1CCN(CCOc2ccc(C(N)=S)cc2)C(C)C1. The molecule has 0 bridgehead atoms. The molecule has 2 rings (SSSR count). The Morgan fingerprint density at radius 3 is 2.65 bits per heavy atom. The monoisotopic (exact) mass is 292 g/mol. The Hall–Kier alpha value is -1.13. The summed E-state index contributed by atoms with van der Waals surface area (Å²) >= 11 is 4.93. The van der Waals surface area contributed by atoms with Crippen LogP contribution in [-0.4, -0.2) is 35.6 Å². The maximum Gasteiger partial charge on any atom is 0.119 e. The third kappa shape index (κ3) is 4.18. The van der Waals surface area contributed by atoms with Crippen molar-refractivity contribution in [3.8, 4) is 5.75 Å². The fourth-order valence-electron chi connectivity index (χ4n) is 2.78. The lowest BCUT2D eigenvalue weighted by Crippen LogP contribution is -2.42.